The second-order valence-corrected chi connectivity index (χ2v) is 10.6. The van der Waals surface area contributed by atoms with Gasteiger partial charge in [-0.15, -0.1) is 11.3 Å². The molecule has 0 aliphatic carbocycles. The van der Waals surface area contributed by atoms with E-state index in [9.17, 15) is 8.42 Å². The fourth-order valence-corrected chi connectivity index (χ4v) is 5.05. The highest BCUT2D eigenvalue weighted by atomic mass is 32.2. The van der Waals surface area contributed by atoms with Crippen LogP contribution < -0.4 is 5.32 Å². The van der Waals surface area contributed by atoms with Crippen LogP contribution in [0.4, 0.5) is 10.9 Å². The summed E-state index contributed by atoms with van der Waals surface area (Å²) in [4.78, 5) is 15.0. The van der Waals surface area contributed by atoms with Crippen LogP contribution in [0.3, 0.4) is 0 Å². The molecule has 8 nitrogen and oxygen atoms in total. The van der Waals surface area contributed by atoms with Crippen molar-refractivity contribution in [1.82, 2.24) is 23.6 Å². The van der Waals surface area contributed by atoms with Crippen LogP contribution in [0.2, 0.25) is 0 Å². The zero-order valence-electron chi connectivity index (χ0n) is 16.8. The average molecular weight is 425 g/mol. The molecule has 3 heterocycles. The van der Waals surface area contributed by atoms with Crippen LogP contribution in [0.5, 0.6) is 0 Å². The molecular weight excluding hydrogens is 396 g/mol. The van der Waals surface area contributed by atoms with Gasteiger partial charge in [0, 0.05) is 55.9 Å². The molecule has 0 unspecified atom stereocenters. The van der Waals surface area contributed by atoms with Gasteiger partial charge in [0.2, 0.25) is 0 Å². The number of nitrogens with one attached hydrogen (secondary N) is 1. The summed E-state index contributed by atoms with van der Waals surface area (Å²) in [6, 6.07) is 1.98. The molecule has 1 saturated heterocycles. The second-order valence-electron chi connectivity index (χ2n) is 7.22. The number of thiazole rings is 1. The fraction of sp³-hybridized carbons (Fsp3) is 0.611. The number of aromatic nitrogens is 3. The molecule has 0 amide bonds. The van der Waals surface area contributed by atoms with Crippen molar-refractivity contribution in [3.63, 3.8) is 0 Å². The van der Waals surface area contributed by atoms with Gasteiger partial charge in [0.25, 0.3) is 10.2 Å². The molecule has 2 aromatic heterocycles. The van der Waals surface area contributed by atoms with E-state index in [4.69, 9.17) is 9.97 Å². The summed E-state index contributed by atoms with van der Waals surface area (Å²) in [5.41, 5.74) is 1.01. The van der Waals surface area contributed by atoms with E-state index in [1.165, 1.54) is 8.61 Å². The van der Waals surface area contributed by atoms with Crippen molar-refractivity contribution >= 4 is 32.5 Å². The molecule has 0 aromatic carbocycles. The number of rotatable bonds is 7. The molecule has 0 spiro atoms. The Morgan fingerprint density at radius 2 is 2.00 bits per heavy atom. The van der Waals surface area contributed by atoms with Crippen LogP contribution in [0, 0.1) is 6.92 Å². The molecule has 1 fully saturated rings. The second kappa shape index (κ2) is 8.81. The van der Waals surface area contributed by atoms with Crippen molar-refractivity contribution in [3.8, 4) is 0 Å². The maximum absolute atomic E-state index is 12.3. The van der Waals surface area contributed by atoms with Gasteiger partial charge in [0.15, 0.2) is 5.13 Å². The Labute approximate surface area is 171 Å². The van der Waals surface area contributed by atoms with Crippen molar-refractivity contribution < 1.29 is 8.42 Å². The van der Waals surface area contributed by atoms with Crippen LogP contribution in [-0.2, 0) is 16.6 Å². The Kier molecular flexibility index (Phi) is 6.64. The Morgan fingerprint density at radius 3 is 2.57 bits per heavy atom. The summed E-state index contributed by atoms with van der Waals surface area (Å²) >= 11 is 1.59. The smallest absolute Gasteiger partial charge is 0.281 e. The third kappa shape index (κ3) is 4.86. The Balaban J connectivity index is 1.77. The zero-order valence-corrected chi connectivity index (χ0v) is 18.5. The molecule has 2 aromatic rings. The van der Waals surface area contributed by atoms with Crippen LogP contribution in [0.15, 0.2) is 12.3 Å². The van der Waals surface area contributed by atoms with E-state index in [2.05, 4.69) is 17.2 Å². The number of nitrogens with zero attached hydrogens (tertiary/aromatic N) is 5. The Hall–Kier alpha value is -1.62. The van der Waals surface area contributed by atoms with Crippen molar-refractivity contribution in [2.45, 2.75) is 45.4 Å². The first kappa shape index (κ1) is 21.1. The molecule has 10 heteroatoms. The monoisotopic (exact) mass is 424 g/mol. The molecule has 1 N–H and O–H groups in total. The Bertz CT molecular complexity index is 905. The van der Waals surface area contributed by atoms with Gasteiger partial charge in [-0.2, -0.15) is 17.0 Å². The van der Waals surface area contributed by atoms with Crippen molar-refractivity contribution in [1.29, 1.82) is 0 Å². The minimum atomic E-state index is -3.36. The Morgan fingerprint density at radius 1 is 1.29 bits per heavy atom. The third-order valence-electron chi connectivity index (χ3n) is 4.77. The van der Waals surface area contributed by atoms with Gasteiger partial charge < -0.3 is 5.32 Å². The number of anilines is 2. The maximum atomic E-state index is 12.3. The lowest BCUT2D eigenvalue weighted by Crippen LogP contribution is -2.44. The standard InChI is InChI=1S/C18H28N6O2S2/c1-5-6-15-11-16(22-18-19-12-13(2)27-18)21-17(20-15)14-7-9-24(10-8-14)28(25,26)23(3)4/h11-12,14H,5-10H2,1-4H3,(H,19,20,21,22). The number of hydrogen-bond donors (Lipinski definition) is 1. The number of piperidine rings is 1. The molecule has 0 bridgehead atoms. The predicted octanol–water partition coefficient (Wildman–Crippen LogP) is 2.92. The molecule has 28 heavy (non-hydrogen) atoms. The van der Waals surface area contributed by atoms with Gasteiger partial charge in [-0.1, -0.05) is 13.3 Å². The fourth-order valence-electron chi connectivity index (χ4n) is 3.25. The van der Waals surface area contributed by atoms with E-state index in [0.717, 1.165) is 53.0 Å². The van der Waals surface area contributed by atoms with Crippen molar-refractivity contribution in [2.75, 3.05) is 32.5 Å². The number of hydrogen-bond acceptors (Lipinski definition) is 7. The summed E-state index contributed by atoms with van der Waals surface area (Å²) in [7, 11) is -0.229. The van der Waals surface area contributed by atoms with Gasteiger partial charge in [-0.05, 0) is 26.2 Å². The van der Waals surface area contributed by atoms with Crippen LogP contribution in [-0.4, -0.2) is 59.2 Å². The van der Waals surface area contributed by atoms with E-state index in [-0.39, 0.29) is 5.92 Å². The molecule has 1 aliphatic rings. The van der Waals surface area contributed by atoms with E-state index in [1.807, 2.05) is 19.2 Å². The quantitative estimate of drug-likeness (QED) is 0.735. The largest absolute Gasteiger partial charge is 0.316 e. The van der Waals surface area contributed by atoms with E-state index < -0.39 is 10.2 Å². The minimum absolute atomic E-state index is 0.156. The highest BCUT2D eigenvalue weighted by Gasteiger charge is 2.31. The summed E-state index contributed by atoms with van der Waals surface area (Å²) in [5.74, 6) is 1.71. The summed E-state index contributed by atoms with van der Waals surface area (Å²) in [6.07, 6.45) is 5.17. The van der Waals surface area contributed by atoms with Gasteiger partial charge >= 0.3 is 0 Å². The van der Waals surface area contributed by atoms with Crippen LogP contribution in [0.25, 0.3) is 0 Å². The number of aryl methyl sites for hydroxylation is 2. The van der Waals surface area contributed by atoms with Crippen LogP contribution in [0.1, 0.15) is 48.5 Å². The van der Waals surface area contributed by atoms with Gasteiger partial charge in [0.1, 0.15) is 11.6 Å². The van der Waals surface area contributed by atoms with Crippen LogP contribution >= 0.6 is 11.3 Å². The molecule has 154 valence electrons. The average Bonchev–Trinajstić information content (AvgIpc) is 3.06. The lowest BCUT2D eigenvalue weighted by atomic mass is 9.97. The zero-order chi connectivity index (χ0) is 20.3. The topological polar surface area (TPSA) is 91.3 Å². The molecule has 1 aliphatic heterocycles. The van der Waals surface area contributed by atoms with Gasteiger partial charge in [-0.3, -0.25) is 0 Å². The summed E-state index contributed by atoms with van der Waals surface area (Å²) in [6.45, 7) is 5.12. The molecular formula is C18H28N6O2S2. The third-order valence-corrected chi connectivity index (χ3v) is 7.53. The van der Waals surface area contributed by atoms with Crippen molar-refractivity contribution in [3.05, 3.63) is 28.7 Å². The predicted molar refractivity (Wildman–Crippen MR) is 112 cm³/mol. The molecule has 0 radical (unpaired) electrons. The van der Waals surface area contributed by atoms with E-state index in [1.54, 1.807) is 25.4 Å². The van der Waals surface area contributed by atoms with E-state index in [0.29, 0.717) is 13.1 Å². The minimum Gasteiger partial charge on any atom is -0.316 e. The first-order valence-corrected chi connectivity index (χ1v) is 11.8. The van der Waals surface area contributed by atoms with Gasteiger partial charge in [0.05, 0.1) is 0 Å². The lowest BCUT2D eigenvalue weighted by molar-refractivity contribution is 0.297. The molecule has 0 saturated carbocycles. The normalized spacial score (nSPS) is 16.6. The molecule has 0 atom stereocenters. The highest BCUT2D eigenvalue weighted by Crippen LogP contribution is 2.29. The highest BCUT2D eigenvalue weighted by molar-refractivity contribution is 7.86. The maximum Gasteiger partial charge on any atom is 0.281 e. The molecule has 3 rings (SSSR count). The summed E-state index contributed by atoms with van der Waals surface area (Å²) in [5, 5.41) is 4.11. The first-order chi connectivity index (χ1) is 13.3. The van der Waals surface area contributed by atoms with E-state index >= 15 is 0 Å². The lowest BCUT2D eigenvalue weighted by Gasteiger charge is -2.32. The van der Waals surface area contributed by atoms with Gasteiger partial charge in [-0.25, -0.2) is 15.0 Å². The first-order valence-electron chi connectivity index (χ1n) is 9.54. The summed E-state index contributed by atoms with van der Waals surface area (Å²) < 4.78 is 27.5. The SMILES string of the molecule is CCCc1cc(Nc2ncc(C)s2)nc(C2CCN(S(=O)(=O)N(C)C)CC2)n1. The van der Waals surface area contributed by atoms with Crippen molar-refractivity contribution in [2.24, 2.45) is 0 Å².